The van der Waals surface area contributed by atoms with E-state index < -0.39 is 0 Å². The molecule has 0 amide bonds. The Labute approximate surface area is 124 Å². The first kappa shape index (κ1) is 14.5. The summed E-state index contributed by atoms with van der Waals surface area (Å²) in [5, 5.41) is 5.70. The average molecular weight is 304 g/mol. The maximum Gasteiger partial charge on any atom is 0.0464 e. The molecule has 0 aromatic heterocycles. The van der Waals surface area contributed by atoms with Gasteiger partial charge in [0.15, 0.2) is 0 Å². The minimum atomic E-state index is 0.347. The van der Waals surface area contributed by atoms with Crippen molar-refractivity contribution in [3.63, 3.8) is 0 Å². The van der Waals surface area contributed by atoms with Gasteiger partial charge in [-0.15, -0.1) is 0 Å². The maximum atomic E-state index is 6.31. The fourth-order valence-electron chi connectivity index (χ4n) is 2.53. The molecule has 0 saturated carbocycles. The van der Waals surface area contributed by atoms with Crippen molar-refractivity contribution in [3.8, 4) is 0 Å². The summed E-state index contributed by atoms with van der Waals surface area (Å²) in [4.78, 5) is 0. The molecule has 0 saturated heterocycles. The lowest BCUT2D eigenvalue weighted by Gasteiger charge is -2.36. The Morgan fingerprint density at radius 2 is 2.11 bits per heavy atom. The number of hydrogen-bond donors (Lipinski definition) is 1. The predicted molar refractivity (Wildman–Crippen MR) is 82.8 cm³/mol. The van der Waals surface area contributed by atoms with Crippen molar-refractivity contribution < 1.29 is 0 Å². The molecule has 0 spiro atoms. The number of nitrogens with one attached hydrogen (secondary N) is 1. The highest BCUT2D eigenvalue weighted by atomic mass is 35.5. The van der Waals surface area contributed by atoms with Gasteiger partial charge < -0.3 is 5.32 Å². The lowest BCUT2D eigenvalue weighted by Crippen LogP contribution is -2.36. The minimum Gasteiger partial charge on any atom is -0.309 e. The third-order valence-electron chi connectivity index (χ3n) is 3.36. The van der Waals surface area contributed by atoms with E-state index in [4.69, 9.17) is 23.2 Å². The van der Waals surface area contributed by atoms with Crippen LogP contribution in [0.1, 0.15) is 37.9 Å². The van der Waals surface area contributed by atoms with E-state index in [0.29, 0.717) is 17.2 Å². The molecule has 4 heteroatoms. The van der Waals surface area contributed by atoms with Crippen molar-refractivity contribution in [3.05, 3.63) is 33.3 Å². The van der Waals surface area contributed by atoms with Crippen LogP contribution in [0.3, 0.4) is 0 Å². The molecule has 2 rings (SSSR count). The van der Waals surface area contributed by atoms with Crippen LogP contribution in [0, 0.1) is 5.92 Å². The molecule has 0 radical (unpaired) electrons. The molecular formula is C14H19Cl2NS. The molecule has 2 unspecified atom stereocenters. The predicted octanol–water partition coefficient (Wildman–Crippen LogP) is 4.92. The molecule has 100 valence electrons. The molecule has 1 nitrogen and oxygen atoms in total. The molecule has 1 aliphatic heterocycles. The van der Waals surface area contributed by atoms with E-state index in [2.05, 4.69) is 32.2 Å². The lowest BCUT2D eigenvalue weighted by molar-refractivity contribution is 0.447. The molecular weight excluding hydrogens is 285 g/mol. The number of rotatable bonds is 3. The van der Waals surface area contributed by atoms with E-state index in [1.54, 1.807) is 0 Å². The van der Waals surface area contributed by atoms with Gasteiger partial charge in [-0.25, -0.2) is 0 Å². The molecule has 1 aromatic carbocycles. The van der Waals surface area contributed by atoms with E-state index in [1.165, 1.54) is 11.1 Å². The molecule has 0 aliphatic carbocycles. The zero-order chi connectivity index (χ0) is 13.3. The summed E-state index contributed by atoms with van der Waals surface area (Å²) >= 11 is 14.5. The van der Waals surface area contributed by atoms with Gasteiger partial charge in [0, 0.05) is 27.1 Å². The fourth-order valence-corrected chi connectivity index (χ4v) is 4.69. The molecule has 18 heavy (non-hydrogen) atoms. The Bertz CT molecular complexity index is 434. The standard InChI is InChI=1S/C14H19Cl2NS/c1-4-17-13-10-5-9(15)6-12(16)11(10)7-18-14(13)8(2)3/h5-6,8,13-14,17H,4,7H2,1-3H3. The van der Waals surface area contributed by atoms with Crippen LogP contribution in [0.25, 0.3) is 0 Å². The summed E-state index contributed by atoms with van der Waals surface area (Å²) in [5.41, 5.74) is 2.53. The summed E-state index contributed by atoms with van der Waals surface area (Å²) in [5.74, 6) is 1.61. The van der Waals surface area contributed by atoms with Gasteiger partial charge in [-0.3, -0.25) is 0 Å². The van der Waals surface area contributed by atoms with Gasteiger partial charge in [0.1, 0.15) is 0 Å². The van der Waals surface area contributed by atoms with Crippen molar-refractivity contribution in [2.75, 3.05) is 6.54 Å². The van der Waals surface area contributed by atoms with Crippen LogP contribution in [0.5, 0.6) is 0 Å². The summed E-state index contributed by atoms with van der Waals surface area (Å²) in [6.07, 6.45) is 0. The van der Waals surface area contributed by atoms with Gasteiger partial charge in [-0.1, -0.05) is 44.0 Å². The van der Waals surface area contributed by atoms with Crippen molar-refractivity contribution >= 4 is 35.0 Å². The first-order valence-corrected chi connectivity index (χ1v) is 8.17. The number of benzene rings is 1. The molecule has 1 aliphatic rings. The second-order valence-corrected chi connectivity index (χ2v) is 7.02. The van der Waals surface area contributed by atoms with Crippen LogP contribution in [0.2, 0.25) is 10.0 Å². The zero-order valence-corrected chi connectivity index (χ0v) is 13.3. The second kappa shape index (κ2) is 6.04. The minimum absolute atomic E-state index is 0.347. The van der Waals surface area contributed by atoms with Crippen molar-refractivity contribution in [1.29, 1.82) is 0 Å². The Morgan fingerprint density at radius 1 is 1.39 bits per heavy atom. The third kappa shape index (κ3) is 2.82. The summed E-state index contributed by atoms with van der Waals surface area (Å²) < 4.78 is 0. The highest BCUT2D eigenvalue weighted by molar-refractivity contribution is 7.99. The smallest absolute Gasteiger partial charge is 0.0464 e. The number of fused-ring (bicyclic) bond motifs is 1. The van der Waals surface area contributed by atoms with Crippen LogP contribution in [-0.4, -0.2) is 11.8 Å². The monoisotopic (exact) mass is 303 g/mol. The van der Waals surface area contributed by atoms with E-state index in [1.807, 2.05) is 17.8 Å². The summed E-state index contributed by atoms with van der Waals surface area (Å²) in [7, 11) is 0. The van der Waals surface area contributed by atoms with E-state index in [0.717, 1.165) is 22.3 Å². The number of hydrogen-bond acceptors (Lipinski definition) is 2. The summed E-state index contributed by atoms with van der Waals surface area (Å²) in [6, 6.07) is 4.27. The van der Waals surface area contributed by atoms with Crippen LogP contribution >= 0.6 is 35.0 Å². The van der Waals surface area contributed by atoms with Gasteiger partial charge in [-0.05, 0) is 35.7 Å². The molecule has 1 aromatic rings. The van der Waals surface area contributed by atoms with Gasteiger partial charge in [0.2, 0.25) is 0 Å². The van der Waals surface area contributed by atoms with Crippen LogP contribution in [0.4, 0.5) is 0 Å². The normalized spacial score (nSPS) is 23.2. The topological polar surface area (TPSA) is 12.0 Å². The third-order valence-corrected chi connectivity index (χ3v) is 5.57. The Kier molecular flexibility index (Phi) is 4.87. The van der Waals surface area contributed by atoms with Crippen LogP contribution in [-0.2, 0) is 5.75 Å². The van der Waals surface area contributed by atoms with Crippen molar-refractivity contribution in [2.45, 2.75) is 37.8 Å². The highest BCUT2D eigenvalue weighted by Crippen LogP contribution is 2.44. The van der Waals surface area contributed by atoms with Gasteiger partial charge in [0.25, 0.3) is 0 Å². The first-order chi connectivity index (χ1) is 8.54. The number of thioether (sulfide) groups is 1. The molecule has 0 fully saturated rings. The van der Waals surface area contributed by atoms with Crippen molar-refractivity contribution in [1.82, 2.24) is 5.32 Å². The summed E-state index contributed by atoms with van der Waals surface area (Å²) in [6.45, 7) is 7.65. The Balaban J connectivity index is 2.45. The van der Waals surface area contributed by atoms with Gasteiger partial charge in [-0.2, -0.15) is 11.8 Å². The SMILES string of the molecule is CCNC1c2cc(Cl)cc(Cl)c2CSC1C(C)C. The Morgan fingerprint density at radius 3 is 2.72 bits per heavy atom. The van der Waals surface area contributed by atoms with E-state index in [-0.39, 0.29) is 0 Å². The first-order valence-electron chi connectivity index (χ1n) is 6.37. The number of halogens is 2. The quantitative estimate of drug-likeness (QED) is 0.851. The fraction of sp³-hybridized carbons (Fsp3) is 0.571. The second-order valence-electron chi connectivity index (χ2n) is 5.01. The van der Waals surface area contributed by atoms with Crippen LogP contribution in [0.15, 0.2) is 12.1 Å². The van der Waals surface area contributed by atoms with E-state index >= 15 is 0 Å². The van der Waals surface area contributed by atoms with E-state index in [9.17, 15) is 0 Å². The highest BCUT2D eigenvalue weighted by Gasteiger charge is 2.32. The molecule has 0 bridgehead atoms. The maximum absolute atomic E-state index is 6.31. The Hall–Kier alpha value is 0.110. The zero-order valence-electron chi connectivity index (χ0n) is 11.0. The molecule has 1 N–H and O–H groups in total. The largest absolute Gasteiger partial charge is 0.309 e. The molecule has 1 heterocycles. The van der Waals surface area contributed by atoms with Crippen molar-refractivity contribution in [2.24, 2.45) is 5.92 Å². The van der Waals surface area contributed by atoms with Gasteiger partial charge >= 0.3 is 0 Å². The molecule has 2 atom stereocenters. The average Bonchev–Trinajstić information content (AvgIpc) is 2.29. The lowest BCUT2D eigenvalue weighted by atomic mass is 9.92. The van der Waals surface area contributed by atoms with Gasteiger partial charge in [0.05, 0.1) is 0 Å². The van der Waals surface area contributed by atoms with Crippen LogP contribution < -0.4 is 5.32 Å².